The average molecular weight is 690 g/mol. The number of aromatic nitrogens is 1. The summed E-state index contributed by atoms with van der Waals surface area (Å²) in [5, 5.41) is 7.87. The van der Waals surface area contributed by atoms with Gasteiger partial charge in [0, 0.05) is 0 Å². The summed E-state index contributed by atoms with van der Waals surface area (Å²) in [4.78, 5) is 2.47. The van der Waals surface area contributed by atoms with Crippen LogP contribution in [0.2, 0.25) is 0 Å². The van der Waals surface area contributed by atoms with Crippen molar-refractivity contribution in [3.05, 3.63) is 182 Å². The van der Waals surface area contributed by atoms with Crippen molar-refractivity contribution in [2.24, 2.45) is 0 Å². The molecule has 10 aromatic rings. The molecule has 2 aromatic heterocycles. The Kier molecular flexibility index (Phi) is 6.55. The quantitative estimate of drug-likeness (QED) is 0.163. The van der Waals surface area contributed by atoms with Crippen molar-refractivity contribution < 1.29 is 0 Å². The van der Waals surface area contributed by atoms with E-state index in [1.165, 1.54) is 63.0 Å². The zero-order chi connectivity index (χ0) is 32.3. The number of hydrogen-bond donors (Lipinski definition) is 0. The van der Waals surface area contributed by atoms with Crippen LogP contribution in [0.5, 0.6) is 0 Å². The van der Waals surface area contributed by atoms with Crippen LogP contribution in [0.1, 0.15) is 0 Å². The Balaban J connectivity index is 1.30. The topological polar surface area (TPSA) is 8.17 Å². The number of nitrogens with zero attached hydrogens (tertiary/aromatic N) is 2. The molecular weight excluding hydrogens is 659 g/mol. The van der Waals surface area contributed by atoms with Gasteiger partial charge < -0.3 is 0 Å². The van der Waals surface area contributed by atoms with Gasteiger partial charge in [-0.15, -0.1) is 0 Å². The molecule has 3 heteroatoms. The fourth-order valence-electron chi connectivity index (χ4n) is 7.54. The first-order valence-corrected chi connectivity index (χ1v) is 18.4. The first kappa shape index (κ1) is 28.2. The molecule has 0 saturated heterocycles. The third kappa shape index (κ3) is 4.55. The van der Waals surface area contributed by atoms with E-state index in [0.717, 1.165) is 22.7 Å². The van der Waals surface area contributed by atoms with Crippen LogP contribution in [0, 0.1) is 0 Å². The molecule has 0 fully saturated rings. The standard InChI is InChI=1S/C46H30N2Se/c1-3-13-31(14-4-1)33-15-11-18-35(29-33)47(36-27-25-32-26-28-40-38-20-8-10-24-44(38)49-46(40)41(32)30-36)43-23-12-21-39-37-19-7-9-22-42(37)48(45(39)43)34-16-5-2-6-17-34/h1-30H. The monoisotopic (exact) mass is 690 g/mol. The summed E-state index contributed by atoms with van der Waals surface area (Å²) in [5.74, 6) is 0. The molecule has 0 amide bonds. The summed E-state index contributed by atoms with van der Waals surface area (Å²) in [6.07, 6.45) is 0. The molecule has 230 valence electrons. The van der Waals surface area contributed by atoms with Gasteiger partial charge in [0.1, 0.15) is 0 Å². The number of benzene rings is 8. The molecule has 0 atom stereocenters. The van der Waals surface area contributed by atoms with Gasteiger partial charge in [-0.3, -0.25) is 0 Å². The predicted molar refractivity (Wildman–Crippen MR) is 210 cm³/mol. The third-order valence-electron chi connectivity index (χ3n) is 9.74. The number of rotatable bonds is 5. The van der Waals surface area contributed by atoms with Gasteiger partial charge in [0.2, 0.25) is 0 Å². The second kappa shape index (κ2) is 11.4. The maximum atomic E-state index is 2.47. The van der Waals surface area contributed by atoms with E-state index in [1.54, 1.807) is 0 Å². The first-order valence-electron chi connectivity index (χ1n) is 16.7. The van der Waals surface area contributed by atoms with Crippen LogP contribution in [-0.2, 0) is 0 Å². The zero-order valence-electron chi connectivity index (χ0n) is 26.6. The van der Waals surface area contributed by atoms with E-state index in [4.69, 9.17) is 0 Å². The average Bonchev–Trinajstić information content (AvgIpc) is 3.73. The maximum absolute atomic E-state index is 2.47. The van der Waals surface area contributed by atoms with Gasteiger partial charge in [0.15, 0.2) is 0 Å². The molecule has 0 radical (unpaired) electrons. The zero-order valence-corrected chi connectivity index (χ0v) is 28.3. The minimum absolute atomic E-state index is 0.252. The van der Waals surface area contributed by atoms with Gasteiger partial charge >= 0.3 is 292 Å². The van der Waals surface area contributed by atoms with E-state index in [1.807, 2.05) is 0 Å². The minimum atomic E-state index is 0.252. The summed E-state index contributed by atoms with van der Waals surface area (Å²) < 4.78 is 5.38. The summed E-state index contributed by atoms with van der Waals surface area (Å²) in [6, 6.07) is 66.6. The van der Waals surface area contributed by atoms with E-state index in [0.29, 0.717) is 0 Å². The third-order valence-corrected chi connectivity index (χ3v) is 12.3. The fraction of sp³-hybridized carbons (Fsp3) is 0. The second-order valence-electron chi connectivity index (χ2n) is 12.6. The van der Waals surface area contributed by atoms with Gasteiger partial charge in [0.05, 0.1) is 0 Å². The summed E-state index contributed by atoms with van der Waals surface area (Å²) in [5.41, 5.74) is 9.35. The van der Waals surface area contributed by atoms with E-state index in [-0.39, 0.29) is 14.5 Å². The Labute approximate surface area is 290 Å². The van der Waals surface area contributed by atoms with Crippen molar-refractivity contribution in [1.82, 2.24) is 4.57 Å². The number of fused-ring (bicyclic) bond motifs is 8. The van der Waals surface area contributed by atoms with Crippen molar-refractivity contribution in [1.29, 1.82) is 0 Å². The molecule has 0 bridgehead atoms. The molecule has 0 aliphatic heterocycles. The van der Waals surface area contributed by atoms with Crippen LogP contribution in [-0.4, -0.2) is 19.1 Å². The van der Waals surface area contributed by atoms with E-state index in [2.05, 4.69) is 191 Å². The normalized spacial score (nSPS) is 11.7. The Morgan fingerprint density at radius 2 is 1.10 bits per heavy atom. The fourth-order valence-corrected chi connectivity index (χ4v) is 10.1. The molecule has 8 aromatic carbocycles. The predicted octanol–water partition coefficient (Wildman–Crippen LogP) is 12.4. The van der Waals surface area contributed by atoms with Gasteiger partial charge in [0.25, 0.3) is 0 Å². The van der Waals surface area contributed by atoms with Gasteiger partial charge in [-0.1, -0.05) is 0 Å². The molecular formula is C46H30N2Se. The SMILES string of the molecule is c1ccc(-c2cccc(N(c3ccc4ccc5c6ccccc6[se]c5c4c3)c3cccc4c5ccccc5n(-c5ccccc5)c34)c2)cc1. The van der Waals surface area contributed by atoms with Crippen molar-refractivity contribution >= 4 is 83.4 Å². The van der Waals surface area contributed by atoms with Gasteiger partial charge in [-0.05, 0) is 0 Å². The molecule has 0 spiro atoms. The molecule has 2 heterocycles. The van der Waals surface area contributed by atoms with Crippen LogP contribution in [0.4, 0.5) is 17.1 Å². The Hall–Kier alpha value is -5.86. The van der Waals surface area contributed by atoms with E-state index < -0.39 is 0 Å². The molecule has 49 heavy (non-hydrogen) atoms. The second-order valence-corrected chi connectivity index (χ2v) is 14.8. The van der Waals surface area contributed by atoms with E-state index >= 15 is 0 Å². The van der Waals surface area contributed by atoms with Gasteiger partial charge in [-0.2, -0.15) is 0 Å². The Morgan fingerprint density at radius 3 is 1.98 bits per heavy atom. The van der Waals surface area contributed by atoms with Crippen LogP contribution < -0.4 is 4.90 Å². The summed E-state index contributed by atoms with van der Waals surface area (Å²) in [7, 11) is 0. The van der Waals surface area contributed by atoms with Crippen molar-refractivity contribution in [2.75, 3.05) is 4.90 Å². The van der Waals surface area contributed by atoms with Crippen molar-refractivity contribution in [3.8, 4) is 16.8 Å². The summed E-state index contributed by atoms with van der Waals surface area (Å²) >= 11 is 0.252. The number of hydrogen-bond acceptors (Lipinski definition) is 1. The molecule has 0 saturated carbocycles. The molecule has 2 nitrogen and oxygen atoms in total. The van der Waals surface area contributed by atoms with Crippen LogP contribution in [0.3, 0.4) is 0 Å². The Morgan fingerprint density at radius 1 is 0.429 bits per heavy atom. The molecule has 10 rings (SSSR count). The summed E-state index contributed by atoms with van der Waals surface area (Å²) in [6.45, 7) is 0. The van der Waals surface area contributed by atoms with Crippen LogP contribution in [0.25, 0.3) is 68.7 Å². The molecule has 0 unspecified atom stereocenters. The molecule has 0 N–H and O–H groups in total. The molecule has 0 aliphatic carbocycles. The van der Waals surface area contributed by atoms with Crippen LogP contribution in [0.15, 0.2) is 182 Å². The van der Waals surface area contributed by atoms with Crippen molar-refractivity contribution in [3.63, 3.8) is 0 Å². The van der Waals surface area contributed by atoms with E-state index in [9.17, 15) is 0 Å². The number of para-hydroxylation sites is 3. The number of anilines is 3. The van der Waals surface area contributed by atoms with Crippen LogP contribution >= 0.6 is 0 Å². The first-order chi connectivity index (χ1) is 24.3. The van der Waals surface area contributed by atoms with Crippen molar-refractivity contribution in [2.45, 2.75) is 0 Å². The molecule has 0 aliphatic rings. The Bertz CT molecular complexity index is 2830. The van der Waals surface area contributed by atoms with Gasteiger partial charge in [-0.25, -0.2) is 0 Å².